The van der Waals surface area contributed by atoms with Crippen molar-refractivity contribution in [3.8, 4) is 0 Å². The predicted octanol–water partition coefficient (Wildman–Crippen LogP) is -1.04. The third kappa shape index (κ3) is 4.39. The van der Waals surface area contributed by atoms with Crippen LogP contribution in [0.15, 0.2) is 18.2 Å². The Hall–Kier alpha value is 0.286. The quantitative estimate of drug-likeness (QED) is 0.653. The molecule has 0 spiro atoms. The maximum Gasteiger partial charge on any atom is 1.00 e. The number of carboxylic acid groups (broad SMARTS) is 1. The summed E-state index contributed by atoms with van der Waals surface area (Å²) in [4.78, 5) is 10.7. The molecule has 0 aromatic heterocycles. The summed E-state index contributed by atoms with van der Waals surface area (Å²) in [5, 5.41) is 10.7. The van der Waals surface area contributed by atoms with Crippen molar-refractivity contribution >= 4 is 5.97 Å². The van der Waals surface area contributed by atoms with E-state index in [9.17, 15) is 9.90 Å². The van der Waals surface area contributed by atoms with E-state index in [-0.39, 0.29) is 57.8 Å². The molecule has 0 saturated heterocycles. The fourth-order valence-corrected chi connectivity index (χ4v) is 2.77. The van der Waals surface area contributed by atoms with Gasteiger partial charge >= 0.3 is 51.4 Å². The molecule has 0 saturated carbocycles. The summed E-state index contributed by atoms with van der Waals surface area (Å²) in [7, 11) is 1.63. The van der Waals surface area contributed by atoms with Gasteiger partial charge < -0.3 is 14.6 Å². The van der Waals surface area contributed by atoms with Crippen LogP contribution in [0.3, 0.4) is 0 Å². The zero-order valence-electron chi connectivity index (χ0n) is 12.7. The van der Waals surface area contributed by atoms with Crippen molar-refractivity contribution in [3.63, 3.8) is 0 Å². The second-order valence-corrected chi connectivity index (χ2v) is 5.50. The first-order valence-corrected chi connectivity index (χ1v) is 6.92. The van der Waals surface area contributed by atoms with Gasteiger partial charge in [-0.3, -0.25) is 0 Å². The molecule has 1 aromatic rings. The average molecular weight is 300 g/mol. The number of methoxy groups -OCH3 is 1. The van der Waals surface area contributed by atoms with E-state index in [0.29, 0.717) is 6.42 Å². The van der Waals surface area contributed by atoms with Gasteiger partial charge in [-0.1, -0.05) is 18.2 Å². The molecule has 0 fully saturated rings. The van der Waals surface area contributed by atoms with Crippen LogP contribution in [0.1, 0.15) is 49.3 Å². The first kappa shape index (κ1) is 18.3. The van der Waals surface area contributed by atoms with Crippen LogP contribution in [0.4, 0.5) is 0 Å². The van der Waals surface area contributed by atoms with Crippen LogP contribution >= 0.6 is 0 Å². The SMILES string of the molecule is COC(C)(CCC(=O)[O-])c1ccc2c(c1)CCCC2.[K+]. The standard InChI is InChI=1S/C16H22O3.K/c1-16(19-2,10-9-15(17)18)14-8-7-12-5-3-4-6-13(12)11-14;/h7-8,11H,3-6,9-10H2,1-2H3,(H,17,18);/q;+1/p-1. The van der Waals surface area contributed by atoms with Gasteiger partial charge in [-0.2, -0.15) is 0 Å². The normalized spacial score (nSPS) is 16.7. The van der Waals surface area contributed by atoms with Gasteiger partial charge in [-0.15, -0.1) is 0 Å². The summed E-state index contributed by atoms with van der Waals surface area (Å²) in [6.45, 7) is 1.94. The van der Waals surface area contributed by atoms with Crippen molar-refractivity contribution < 1.29 is 66.0 Å². The second-order valence-electron chi connectivity index (χ2n) is 5.50. The average Bonchev–Trinajstić information content (AvgIpc) is 2.44. The van der Waals surface area contributed by atoms with Crippen molar-refractivity contribution in [2.24, 2.45) is 0 Å². The Labute approximate surface area is 163 Å². The summed E-state index contributed by atoms with van der Waals surface area (Å²) in [6.07, 6.45) is 5.21. The van der Waals surface area contributed by atoms with Crippen LogP contribution in [0.2, 0.25) is 0 Å². The Bertz CT molecular complexity index is 473. The van der Waals surface area contributed by atoms with Gasteiger partial charge in [0.05, 0.1) is 5.60 Å². The number of aryl methyl sites for hydroxylation is 2. The van der Waals surface area contributed by atoms with Crippen molar-refractivity contribution in [1.29, 1.82) is 0 Å². The fraction of sp³-hybridized carbons (Fsp3) is 0.562. The van der Waals surface area contributed by atoms with E-state index in [1.54, 1.807) is 7.11 Å². The van der Waals surface area contributed by atoms with E-state index in [4.69, 9.17) is 4.74 Å². The van der Waals surface area contributed by atoms with Crippen LogP contribution in [0, 0.1) is 0 Å². The molecule has 104 valence electrons. The van der Waals surface area contributed by atoms with E-state index in [1.807, 2.05) is 6.92 Å². The molecule has 0 amide bonds. The number of carbonyl (C=O) groups is 1. The molecule has 1 aliphatic rings. The topological polar surface area (TPSA) is 49.4 Å². The number of benzene rings is 1. The Balaban J connectivity index is 0.00000200. The maximum absolute atomic E-state index is 10.7. The minimum Gasteiger partial charge on any atom is -0.550 e. The summed E-state index contributed by atoms with van der Waals surface area (Å²) >= 11 is 0. The van der Waals surface area contributed by atoms with Crippen molar-refractivity contribution in [1.82, 2.24) is 0 Å². The molecule has 2 rings (SSSR count). The molecule has 1 aliphatic carbocycles. The van der Waals surface area contributed by atoms with Crippen LogP contribution in [0.25, 0.3) is 0 Å². The molecule has 0 radical (unpaired) electrons. The molecule has 0 bridgehead atoms. The van der Waals surface area contributed by atoms with Gasteiger partial charge in [0.1, 0.15) is 0 Å². The minimum atomic E-state index is -1.03. The minimum absolute atomic E-state index is 0. The van der Waals surface area contributed by atoms with Gasteiger partial charge in [0.15, 0.2) is 0 Å². The zero-order valence-corrected chi connectivity index (χ0v) is 15.8. The summed E-state index contributed by atoms with van der Waals surface area (Å²) in [6, 6.07) is 6.43. The number of hydrogen-bond acceptors (Lipinski definition) is 3. The largest absolute Gasteiger partial charge is 1.00 e. The van der Waals surface area contributed by atoms with Gasteiger partial charge in [-0.05, 0) is 62.1 Å². The van der Waals surface area contributed by atoms with Gasteiger partial charge in [0.2, 0.25) is 0 Å². The molecule has 0 N–H and O–H groups in total. The summed E-state index contributed by atoms with van der Waals surface area (Å²) in [5.41, 5.74) is 3.33. The Morgan fingerprint density at radius 1 is 1.30 bits per heavy atom. The molecule has 0 heterocycles. The summed E-state index contributed by atoms with van der Waals surface area (Å²) in [5.74, 6) is -1.03. The number of carbonyl (C=O) groups excluding carboxylic acids is 1. The second kappa shape index (κ2) is 8.06. The van der Waals surface area contributed by atoms with Crippen LogP contribution in [0.5, 0.6) is 0 Å². The fourth-order valence-electron chi connectivity index (χ4n) is 2.77. The molecule has 3 nitrogen and oxygen atoms in total. The molecular weight excluding hydrogens is 279 g/mol. The predicted molar refractivity (Wildman–Crippen MR) is 71.7 cm³/mol. The monoisotopic (exact) mass is 300 g/mol. The molecule has 4 heteroatoms. The van der Waals surface area contributed by atoms with E-state index in [0.717, 1.165) is 18.4 Å². The van der Waals surface area contributed by atoms with Gasteiger partial charge in [-0.25, -0.2) is 0 Å². The number of carboxylic acids is 1. The van der Waals surface area contributed by atoms with Crippen molar-refractivity contribution in [2.45, 2.75) is 51.0 Å². The van der Waals surface area contributed by atoms with Crippen molar-refractivity contribution in [2.75, 3.05) is 7.11 Å². The third-order valence-electron chi connectivity index (χ3n) is 4.22. The first-order valence-electron chi connectivity index (χ1n) is 6.92. The summed E-state index contributed by atoms with van der Waals surface area (Å²) < 4.78 is 5.57. The van der Waals surface area contributed by atoms with Gasteiger partial charge in [0, 0.05) is 13.1 Å². The number of aliphatic carboxylic acids is 1. The third-order valence-corrected chi connectivity index (χ3v) is 4.22. The van der Waals surface area contributed by atoms with E-state index in [1.165, 1.54) is 24.0 Å². The van der Waals surface area contributed by atoms with Gasteiger partial charge in [0.25, 0.3) is 0 Å². The van der Waals surface area contributed by atoms with E-state index in [2.05, 4.69) is 18.2 Å². The number of ether oxygens (including phenoxy) is 1. The number of fused-ring (bicyclic) bond motifs is 1. The van der Waals surface area contributed by atoms with Crippen LogP contribution in [-0.4, -0.2) is 13.1 Å². The van der Waals surface area contributed by atoms with Crippen LogP contribution < -0.4 is 56.5 Å². The smallest absolute Gasteiger partial charge is 0.550 e. The Kier molecular flexibility index (Phi) is 7.39. The molecule has 1 unspecified atom stereocenters. The first-order chi connectivity index (χ1) is 9.05. The molecule has 20 heavy (non-hydrogen) atoms. The number of hydrogen-bond donors (Lipinski definition) is 0. The number of rotatable bonds is 5. The molecular formula is C16H21KO3. The van der Waals surface area contributed by atoms with Crippen LogP contribution in [-0.2, 0) is 28.0 Å². The van der Waals surface area contributed by atoms with Crippen molar-refractivity contribution in [3.05, 3.63) is 34.9 Å². The molecule has 1 atom stereocenters. The Morgan fingerprint density at radius 2 is 1.95 bits per heavy atom. The Morgan fingerprint density at radius 3 is 2.55 bits per heavy atom. The van der Waals surface area contributed by atoms with E-state index < -0.39 is 11.6 Å². The molecule has 0 aliphatic heterocycles. The zero-order chi connectivity index (χ0) is 13.9. The maximum atomic E-state index is 10.7. The van der Waals surface area contributed by atoms with E-state index >= 15 is 0 Å². The molecule has 1 aromatic carbocycles.